The Labute approximate surface area is 165 Å². The molecule has 1 aromatic carbocycles. The third-order valence-corrected chi connectivity index (χ3v) is 7.25. The highest BCUT2D eigenvalue weighted by atomic mass is 32.1. The average Bonchev–Trinajstić information content (AvgIpc) is 3.42. The number of anilines is 1. The number of aryl methyl sites for hydroxylation is 1. The van der Waals surface area contributed by atoms with Crippen molar-refractivity contribution in [1.29, 1.82) is 0 Å². The molecule has 1 saturated carbocycles. The van der Waals surface area contributed by atoms with Gasteiger partial charge in [-0.3, -0.25) is 10.1 Å². The summed E-state index contributed by atoms with van der Waals surface area (Å²) >= 11 is 3.25. The summed E-state index contributed by atoms with van der Waals surface area (Å²) in [6.07, 6.45) is 5.79. The molecule has 5 rings (SSSR count). The van der Waals surface area contributed by atoms with Crippen molar-refractivity contribution < 1.29 is 4.79 Å². The zero-order chi connectivity index (χ0) is 18.4. The predicted octanol–water partition coefficient (Wildman–Crippen LogP) is 6.24. The summed E-state index contributed by atoms with van der Waals surface area (Å²) in [6.45, 7) is 2.15. The molecular formula is C21H21N3OS2. The molecule has 0 aliphatic heterocycles. The molecule has 6 heteroatoms. The number of amides is 1. The van der Waals surface area contributed by atoms with Crippen LogP contribution in [0.2, 0.25) is 0 Å². The fourth-order valence-electron chi connectivity index (χ4n) is 4.08. The minimum atomic E-state index is -0.0555. The van der Waals surface area contributed by atoms with Crippen LogP contribution in [-0.2, 0) is 6.42 Å². The van der Waals surface area contributed by atoms with Gasteiger partial charge in [-0.1, -0.05) is 37.2 Å². The van der Waals surface area contributed by atoms with Crippen molar-refractivity contribution in [2.75, 3.05) is 5.32 Å². The van der Waals surface area contributed by atoms with Crippen LogP contribution in [0.3, 0.4) is 0 Å². The first-order valence-corrected chi connectivity index (χ1v) is 11.2. The van der Waals surface area contributed by atoms with E-state index in [1.807, 2.05) is 12.1 Å². The van der Waals surface area contributed by atoms with Gasteiger partial charge in [-0.2, -0.15) is 0 Å². The summed E-state index contributed by atoms with van der Waals surface area (Å²) in [6, 6.07) is 10.9. The number of carbonyl (C=O) groups excluding carboxylic acids is 1. The molecule has 4 nitrogen and oxygen atoms in total. The number of carbonyl (C=O) groups is 1. The van der Waals surface area contributed by atoms with Gasteiger partial charge < -0.3 is 4.57 Å². The Bertz CT molecular complexity index is 1130. The molecule has 1 fully saturated rings. The van der Waals surface area contributed by atoms with Gasteiger partial charge in [0.25, 0.3) is 5.91 Å². The molecule has 0 radical (unpaired) electrons. The average molecular weight is 396 g/mol. The first kappa shape index (κ1) is 17.0. The second-order valence-corrected chi connectivity index (χ2v) is 9.12. The lowest BCUT2D eigenvalue weighted by Gasteiger charge is -2.16. The van der Waals surface area contributed by atoms with Crippen LogP contribution >= 0.6 is 22.7 Å². The summed E-state index contributed by atoms with van der Waals surface area (Å²) in [7, 11) is 0. The molecule has 138 valence electrons. The van der Waals surface area contributed by atoms with Crippen LogP contribution in [0.15, 0.2) is 35.7 Å². The molecule has 3 aromatic heterocycles. The molecule has 3 heterocycles. The van der Waals surface area contributed by atoms with Crippen LogP contribution in [0.1, 0.15) is 54.7 Å². The van der Waals surface area contributed by atoms with Crippen molar-refractivity contribution in [3.8, 4) is 0 Å². The predicted molar refractivity (Wildman–Crippen MR) is 114 cm³/mol. The lowest BCUT2D eigenvalue weighted by Crippen LogP contribution is -2.19. The Hall–Kier alpha value is -2.18. The Balaban J connectivity index is 1.49. The third-order valence-electron chi connectivity index (χ3n) is 5.46. The van der Waals surface area contributed by atoms with Crippen LogP contribution in [0.4, 0.5) is 5.13 Å². The first-order chi connectivity index (χ1) is 13.2. The summed E-state index contributed by atoms with van der Waals surface area (Å²) in [5.74, 6) is -0.0555. The van der Waals surface area contributed by atoms with Gasteiger partial charge in [0.15, 0.2) is 5.13 Å². The van der Waals surface area contributed by atoms with Gasteiger partial charge >= 0.3 is 0 Å². The zero-order valence-electron chi connectivity index (χ0n) is 15.2. The fraction of sp³-hybridized carbons (Fsp3) is 0.333. The number of nitrogens with one attached hydrogen (secondary N) is 1. The highest BCUT2D eigenvalue weighted by Crippen LogP contribution is 2.37. The van der Waals surface area contributed by atoms with Crippen molar-refractivity contribution in [3.05, 3.63) is 47.0 Å². The minimum Gasteiger partial charge on any atom is -0.333 e. The molecule has 0 bridgehead atoms. The molecule has 0 saturated heterocycles. The maximum absolute atomic E-state index is 13.1. The molecule has 1 N–H and O–H groups in total. The molecule has 0 unspecified atom stereocenters. The SMILES string of the molecule is CCc1ccc2nc(NC(=O)c3cc4sccc4n3C3CCCC3)sc2c1. The van der Waals surface area contributed by atoms with Gasteiger partial charge in [0.1, 0.15) is 5.69 Å². The number of thiophene rings is 1. The van der Waals surface area contributed by atoms with Gasteiger partial charge in [0, 0.05) is 6.04 Å². The van der Waals surface area contributed by atoms with Gasteiger partial charge in [0.05, 0.1) is 20.4 Å². The van der Waals surface area contributed by atoms with Crippen molar-refractivity contribution in [2.24, 2.45) is 0 Å². The topological polar surface area (TPSA) is 46.9 Å². The zero-order valence-corrected chi connectivity index (χ0v) is 16.8. The summed E-state index contributed by atoms with van der Waals surface area (Å²) < 4.78 is 4.57. The third kappa shape index (κ3) is 2.97. The van der Waals surface area contributed by atoms with Crippen LogP contribution in [-0.4, -0.2) is 15.5 Å². The van der Waals surface area contributed by atoms with Crippen molar-refractivity contribution in [2.45, 2.75) is 45.1 Å². The number of fused-ring (bicyclic) bond motifs is 2. The fourth-order valence-corrected chi connectivity index (χ4v) is 5.81. The number of nitrogens with zero attached hydrogens (tertiary/aromatic N) is 2. The first-order valence-electron chi connectivity index (χ1n) is 9.52. The van der Waals surface area contributed by atoms with E-state index in [-0.39, 0.29) is 5.91 Å². The normalized spacial score (nSPS) is 15.1. The van der Waals surface area contributed by atoms with E-state index >= 15 is 0 Å². The Morgan fingerprint density at radius 1 is 1.22 bits per heavy atom. The maximum Gasteiger partial charge on any atom is 0.274 e. The largest absolute Gasteiger partial charge is 0.333 e. The second kappa shape index (κ2) is 6.77. The molecule has 0 atom stereocenters. The maximum atomic E-state index is 13.1. The Kier molecular flexibility index (Phi) is 4.25. The van der Waals surface area contributed by atoms with E-state index in [2.05, 4.69) is 45.4 Å². The molecule has 27 heavy (non-hydrogen) atoms. The van der Waals surface area contributed by atoms with Gasteiger partial charge in [-0.05, 0) is 54.5 Å². The summed E-state index contributed by atoms with van der Waals surface area (Å²) in [5.41, 5.74) is 4.19. The molecule has 0 spiro atoms. The lowest BCUT2D eigenvalue weighted by atomic mass is 10.2. The van der Waals surface area contributed by atoms with Crippen LogP contribution < -0.4 is 5.32 Å². The number of benzene rings is 1. The highest BCUT2D eigenvalue weighted by Gasteiger charge is 2.25. The standard InChI is InChI=1S/C21H21N3OS2/c1-2-13-7-8-15-18(11-13)27-21(22-15)23-20(25)17-12-19-16(9-10-26-19)24(17)14-5-3-4-6-14/h7-12,14H,2-6H2,1H3,(H,22,23,25). The second-order valence-electron chi connectivity index (χ2n) is 7.14. The molecule has 1 aliphatic carbocycles. The van der Waals surface area contributed by atoms with Crippen LogP contribution in [0.25, 0.3) is 20.4 Å². The van der Waals surface area contributed by atoms with E-state index in [0.29, 0.717) is 11.2 Å². The minimum absolute atomic E-state index is 0.0555. The van der Waals surface area contributed by atoms with Crippen molar-refractivity contribution >= 4 is 54.1 Å². The van der Waals surface area contributed by atoms with Crippen LogP contribution in [0.5, 0.6) is 0 Å². The van der Waals surface area contributed by atoms with Crippen molar-refractivity contribution in [1.82, 2.24) is 9.55 Å². The smallest absolute Gasteiger partial charge is 0.274 e. The number of thiazole rings is 1. The van der Waals surface area contributed by atoms with E-state index in [4.69, 9.17) is 0 Å². The van der Waals surface area contributed by atoms with Gasteiger partial charge in [-0.15, -0.1) is 11.3 Å². The van der Waals surface area contributed by atoms with E-state index in [9.17, 15) is 4.79 Å². The molecule has 1 aliphatic rings. The van der Waals surface area contributed by atoms with E-state index < -0.39 is 0 Å². The van der Waals surface area contributed by atoms with Crippen molar-refractivity contribution in [3.63, 3.8) is 0 Å². The number of hydrogen-bond acceptors (Lipinski definition) is 4. The Morgan fingerprint density at radius 2 is 2.07 bits per heavy atom. The van der Waals surface area contributed by atoms with Crippen LogP contribution in [0, 0.1) is 0 Å². The monoisotopic (exact) mass is 395 g/mol. The molecule has 4 aromatic rings. The molecule has 1 amide bonds. The Morgan fingerprint density at radius 3 is 2.89 bits per heavy atom. The summed E-state index contributed by atoms with van der Waals surface area (Å²) in [5, 5.41) is 5.83. The number of rotatable bonds is 4. The quantitative estimate of drug-likeness (QED) is 0.444. The van der Waals surface area contributed by atoms with E-state index in [1.54, 1.807) is 22.7 Å². The van der Waals surface area contributed by atoms with E-state index in [1.165, 1.54) is 28.6 Å². The molecular weight excluding hydrogens is 374 g/mol. The van der Waals surface area contributed by atoms with Gasteiger partial charge in [0.2, 0.25) is 0 Å². The highest BCUT2D eigenvalue weighted by molar-refractivity contribution is 7.22. The number of hydrogen-bond donors (Lipinski definition) is 1. The number of aromatic nitrogens is 2. The van der Waals surface area contributed by atoms with E-state index in [0.717, 1.165) is 35.2 Å². The summed E-state index contributed by atoms with van der Waals surface area (Å²) in [4.78, 5) is 17.7. The lowest BCUT2D eigenvalue weighted by molar-refractivity contribution is 0.101. The van der Waals surface area contributed by atoms with Gasteiger partial charge in [-0.25, -0.2) is 4.98 Å².